The molecule has 0 aliphatic carbocycles. The summed E-state index contributed by atoms with van der Waals surface area (Å²) in [6, 6.07) is 6.85. The average molecular weight is 251 g/mol. The molecule has 5 heteroatoms. The van der Waals surface area contributed by atoms with Crippen LogP contribution in [-0.4, -0.2) is 46.9 Å². The Morgan fingerprint density at radius 2 is 2.28 bits per heavy atom. The van der Waals surface area contributed by atoms with Crippen LogP contribution in [0.15, 0.2) is 24.3 Å². The van der Waals surface area contributed by atoms with Gasteiger partial charge >= 0.3 is 0 Å². The monoisotopic (exact) mass is 251 g/mol. The molecule has 2 N–H and O–H groups in total. The molecule has 0 radical (unpaired) electrons. The number of aliphatic hydroxyl groups is 1. The molecule has 18 heavy (non-hydrogen) atoms. The van der Waals surface area contributed by atoms with Crippen molar-refractivity contribution in [3.63, 3.8) is 0 Å². The van der Waals surface area contributed by atoms with E-state index in [1.807, 2.05) is 6.07 Å². The zero-order valence-corrected chi connectivity index (χ0v) is 10.1. The second-order valence-corrected chi connectivity index (χ2v) is 4.39. The third kappa shape index (κ3) is 3.21. The maximum atomic E-state index is 11.7. The SMILES string of the molecule is O=C1COC(CCO)CN1Cc1cccc(O)c1. The topological polar surface area (TPSA) is 70.0 Å². The summed E-state index contributed by atoms with van der Waals surface area (Å²) in [6.45, 7) is 1.05. The number of rotatable bonds is 4. The fraction of sp³-hybridized carbons (Fsp3) is 0.462. The zero-order valence-electron chi connectivity index (χ0n) is 10.1. The lowest BCUT2D eigenvalue weighted by Crippen LogP contribution is -2.46. The summed E-state index contributed by atoms with van der Waals surface area (Å²) < 4.78 is 5.32. The highest BCUT2D eigenvalue weighted by Crippen LogP contribution is 2.16. The molecule has 1 heterocycles. The molecule has 98 valence electrons. The van der Waals surface area contributed by atoms with Crippen LogP contribution in [0.25, 0.3) is 0 Å². The van der Waals surface area contributed by atoms with Crippen molar-refractivity contribution in [3.05, 3.63) is 29.8 Å². The first-order chi connectivity index (χ1) is 8.69. The van der Waals surface area contributed by atoms with E-state index in [0.29, 0.717) is 19.5 Å². The van der Waals surface area contributed by atoms with Gasteiger partial charge in [-0.15, -0.1) is 0 Å². The van der Waals surface area contributed by atoms with Crippen molar-refractivity contribution in [1.29, 1.82) is 0 Å². The molecule has 1 saturated heterocycles. The molecule has 0 spiro atoms. The van der Waals surface area contributed by atoms with E-state index >= 15 is 0 Å². The van der Waals surface area contributed by atoms with Crippen molar-refractivity contribution in [1.82, 2.24) is 4.90 Å². The lowest BCUT2D eigenvalue weighted by Gasteiger charge is -2.32. The number of aliphatic hydroxyl groups excluding tert-OH is 1. The lowest BCUT2D eigenvalue weighted by molar-refractivity contribution is -0.150. The molecular formula is C13H17NO4. The van der Waals surface area contributed by atoms with Gasteiger partial charge in [0.1, 0.15) is 12.4 Å². The third-order valence-electron chi connectivity index (χ3n) is 2.95. The Kier molecular flexibility index (Phi) is 4.17. The number of morpholine rings is 1. The number of phenols is 1. The van der Waals surface area contributed by atoms with Gasteiger partial charge in [-0.05, 0) is 24.1 Å². The Morgan fingerprint density at radius 1 is 1.44 bits per heavy atom. The first-order valence-electron chi connectivity index (χ1n) is 5.97. The Balaban J connectivity index is 2.00. The van der Waals surface area contributed by atoms with E-state index in [2.05, 4.69) is 0 Å². The van der Waals surface area contributed by atoms with Gasteiger partial charge in [0.15, 0.2) is 0 Å². The van der Waals surface area contributed by atoms with Crippen molar-refractivity contribution >= 4 is 5.91 Å². The Hall–Kier alpha value is -1.59. The number of aromatic hydroxyl groups is 1. The highest BCUT2D eigenvalue weighted by atomic mass is 16.5. The van der Waals surface area contributed by atoms with Gasteiger partial charge in [-0.1, -0.05) is 12.1 Å². The third-order valence-corrected chi connectivity index (χ3v) is 2.95. The van der Waals surface area contributed by atoms with Gasteiger partial charge in [0, 0.05) is 19.7 Å². The molecule has 1 aromatic carbocycles. The first-order valence-corrected chi connectivity index (χ1v) is 5.97. The van der Waals surface area contributed by atoms with E-state index in [1.165, 1.54) is 0 Å². The van der Waals surface area contributed by atoms with Crippen LogP contribution in [-0.2, 0) is 16.1 Å². The van der Waals surface area contributed by atoms with E-state index in [1.54, 1.807) is 23.1 Å². The number of carbonyl (C=O) groups is 1. The number of nitrogens with zero attached hydrogens (tertiary/aromatic N) is 1. The summed E-state index contributed by atoms with van der Waals surface area (Å²) in [7, 11) is 0. The predicted octanol–water partition coefficient (Wildman–Crippen LogP) is 0.502. The second kappa shape index (κ2) is 5.84. The molecule has 1 atom stereocenters. The molecule has 0 bridgehead atoms. The highest BCUT2D eigenvalue weighted by Gasteiger charge is 2.25. The number of carbonyl (C=O) groups excluding carboxylic acids is 1. The molecule has 1 aliphatic rings. The zero-order chi connectivity index (χ0) is 13.0. The van der Waals surface area contributed by atoms with Crippen molar-refractivity contribution < 1.29 is 19.7 Å². The first kappa shape index (κ1) is 12.9. The summed E-state index contributed by atoms with van der Waals surface area (Å²) in [5.74, 6) is 0.132. The van der Waals surface area contributed by atoms with Gasteiger partial charge in [-0.3, -0.25) is 4.79 Å². The summed E-state index contributed by atoms with van der Waals surface area (Å²) in [6.07, 6.45) is 0.425. The smallest absolute Gasteiger partial charge is 0.248 e. The normalized spacial score (nSPS) is 20.2. The minimum atomic E-state index is -0.106. The highest BCUT2D eigenvalue weighted by molar-refractivity contribution is 5.78. The van der Waals surface area contributed by atoms with Crippen LogP contribution in [0.2, 0.25) is 0 Å². The maximum Gasteiger partial charge on any atom is 0.248 e. The van der Waals surface area contributed by atoms with E-state index in [4.69, 9.17) is 9.84 Å². The summed E-state index contributed by atoms with van der Waals surface area (Å²) in [5, 5.41) is 18.3. The molecule has 1 fully saturated rings. The van der Waals surface area contributed by atoms with Crippen LogP contribution < -0.4 is 0 Å². The van der Waals surface area contributed by atoms with Gasteiger partial charge in [0.05, 0.1) is 6.10 Å². The van der Waals surface area contributed by atoms with Crippen molar-refractivity contribution in [2.75, 3.05) is 19.8 Å². The number of hydrogen-bond acceptors (Lipinski definition) is 4. The molecule has 0 aromatic heterocycles. The van der Waals surface area contributed by atoms with Crippen molar-refractivity contribution in [3.8, 4) is 5.75 Å². The fourth-order valence-electron chi connectivity index (χ4n) is 2.03. The van der Waals surface area contributed by atoms with Gasteiger partial charge in [0.2, 0.25) is 5.91 Å². The molecule has 1 amide bonds. The molecular weight excluding hydrogens is 234 g/mol. The van der Waals surface area contributed by atoms with Gasteiger partial charge in [-0.25, -0.2) is 0 Å². The van der Waals surface area contributed by atoms with Crippen molar-refractivity contribution in [2.24, 2.45) is 0 Å². The summed E-state index contributed by atoms with van der Waals surface area (Å²) >= 11 is 0. The summed E-state index contributed by atoms with van der Waals surface area (Å²) in [5.41, 5.74) is 0.882. The molecule has 1 aliphatic heterocycles. The second-order valence-electron chi connectivity index (χ2n) is 4.39. The van der Waals surface area contributed by atoms with E-state index < -0.39 is 0 Å². The van der Waals surface area contributed by atoms with Crippen molar-refractivity contribution in [2.45, 2.75) is 19.1 Å². The summed E-state index contributed by atoms with van der Waals surface area (Å²) in [4.78, 5) is 13.4. The maximum absolute atomic E-state index is 11.7. The van der Waals surface area contributed by atoms with E-state index in [0.717, 1.165) is 5.56 Å². The van der Waals surface area contributed by atoms with Crippen LogP contribution in [0, 0.1) is 0 Å². The molecule has 1 aromatic rings. The van der Waals surface area contributed by atoms with E-state index in [-0.39, 0.29) is 31.0 Å². The minimum Gasteiger partial charge on any atom is -0.508 e. The standard InChI is InChI=1S/C13H17NO4/c15-5-4-12-8-14(13(17)9-18-12)7-10-2-1-3-11(16)6-10/h1-3,6,12,15-16H,4-5,7-9H2. The van der Waals surface area contributed by atoms with E-state index in [9.17, 15) is 9.90 Å². The van der Waals surface area contributed by atoms with Gasteiger partial charge in [0.25, 0.3) is 0 Å². The van der Waals surface area contributed by atoms with Crippen LogP contribution in [0.4, 0.5) is 0 Å². The molecule has 1 unspecified atom stereocenters. The predicted molar refractivity (Wildman–Crippen MR) is 65.0 cm³/mol. The number of phenolic OH excluding ortho intramolecular Hbond substituents is 1. The number of hydrogen-bond donors (Lipinski definition) is 2. The molecule has 2 rings (SSSR count). The van der Waals surface area contributed by atoms with Crippen LogP contribution >= 0.6 is 0 Å². The number of benzene rings is 1. The fourth-order valence-corrected chi connectivity index (χ4v) is 2.03. The number of amides is 1. The molecule has 0 saturated carbocycles. The van der Waals surface area contributed by atoms with Gasteiger partial charge in [-0.2, -0.15) is 0 Å². The Morgan fingerprint density at radius 3 is 3.00 bits per heavy atom. The van der Waals surface area contributed by atoms with Crippen LogP contribution in [0.3, 0.4) is 0 Å². The number of ether oxygens (including phenoxy) is 1. The van der Waals surface area contributed by atoms with Crippen LogP contribution in [0.1, 0.15) is 12.0 Å². The molecule has 5 nitrogen and oxygen atoms in total. The largest absolute Gasteiger partial charge is 0.508 e. The van der Waals surface area contributed by atoms with Crippen LogP contribution in [0.5, 0.6) is 5.75 Å². The Labute approximate surface area is 106 Å². The minimum absolute atomic E-state index is 0.0544. The lowest BCUT2D eigenvalue weighted by atomic mass is 10.1. The quantitative estimate of drug-likeness (QED) is 0.817. The van der Waals surface area contributed by atoms with Gasteiger partial charge < -0.3 is 19.8 Å². The Bertz CT molecular complexity index is 421. The average Bonchev–Trinajstić information content (AvgIpc) is 2.34.